The van der Waals surface area contributed by atoms with Gasteiger partial charge in [-0.1, -0.05) is 15.9 Å². The van der Waals surface area contributed by atoms with Gasteiger partial charge in [0.25, 0.3) is 5.91 Å². The van der Waals surface area contributed by atoms with Gasteiger partial charge in [-0.2, -0.15) is 0 Å². The first-order valence-electron chi connectivity index (χ1n) is 7.28. The van der Waals surface area contributed by atoms with Crippen LogP contribution in [0.25, 0.3) is 0 Å². The number of hydrogen-bond donors (Lipinski definition) is 1. The van der Waals surface area contributed by atoms with Crippen LogP contribution in [0, 0.1) is 6.92 Å². The van der Waals surface area contributed by atoms with Gasteiger partial charge in [0.15, 0.2) is 0 Å². The Morgan fingerprint density at radius 1 is 1.23 bits per heavy atom. The third kappa shape index (κ3) is 3.27. The summed E-state index contributed by atoms with van der Waals surface area (Å²) in [6, 6.07) is 5.94. The van der Waals surface area contributed by atoms with Gasteiger partial charge < -0.3 is 10.2 Å². The maximum atomic E-state index is 12.2. The Labute approximate surface area is 137 Å². The van der Waals surface area contributed by atoms with Crippen molar-refractivity contribution < 1.29 is 4.79 Å². The molecule has 0 spiro atoms. The highest BCUT2D eigenvalue weighted by Crippen LogP contribution is 2.22. The molecule has 1 fully saturated rings. The van der Waals surface area contributed by atoms with Crippen molar-refractivity contribution in [3.8, 4) is 0 Å². The van der Waals surface area contributed by atoms with E-state index in [1.165, 1.54) is 0 Å². The lowest BCUT2D eigenvalue weighted by Crippen LogP contribution is -2.27. The van der Waals surface area contributed by atoms with Crippen molar-refractivity contribution in [2.45, 2.75) is 19.8 Å². The van der Waals surface area contributed by atoms with Gasteiger partial charge in [-0.05, 0) is 43.5 Å². The quantitative estimate of drug-likeness (QED) is 0.909. The predicted octanol–water partition coefficient (Wildman–Crippen LogP) is 3.53. The Hall–Kier alpha value is -1.95. The number of rotatable bonds is 3. The van der Waals surface area contributed by atoms with Crippen molar-refractivity contribution in [3.05, 3.63) is 46.2 Å². The summed E-state index contributed by atoms with van der Waals surface area (Å²) in [6.45, 7) is 3.67. The van der Waals surface area contributed by atoms with Crippen LogP contribution in [0.15, 0.2) is 35.1 Å². The number of carbonyl (C=O) groups is 1. The molecule has 1 aromatic carbocycles. The van der Waals surface area contributed by atoms with Crippen molar-refractivity contribution in [2.75, 3.05) is 18.4 Å². The first-order valence-corrected chi connectivity index (χ1v) is 8.07. The van der Waals surface area contributed by atoms with Crippen LogP contribution in [0.2, 0.25) is 0 Å². The Kier molecular flexibility index (Phi) is 4.38. The molecule has 0 aliphatic carbocycles. The largest absolute Gasteiger partial charge is 0.339 e. The van der Waals surface area contributed by atoms with E-state index >= 15 is 0 Å². The van der Waals surface area contributed by atoms with E-state index < -0.39 is 0 Å². The highest BCUT2D eigenvalue weighted by atomic mass is 79.9. The first-order chi connectivity index (χ1) is 10.6. The number of hydrogen-bond acceptors (Lipinski definition) is 4. The number of carbonyl (C=O) groups excluding carboxylic acids is 1. The molecule has 1 aliphatic rings. The van der Waals surface area contributed by atoms with Gasteiger partial charge in [0.2, 0.25) is 5.95 Å². The summed E-state index contributed by atoms with van der Waals surface area (Å²) < 4.78 is 1.03. The van der Waals surface area contributed by atoms with Gasteiger partial charge in [-0.25, -0.2) is 9.97 Å². The molecule has 2 aromatic rings. The first kappa shape index (κ1) is 15.0. The molecule has 22 heavy (non-hydrogen) atoms. The van der Waals surface area contributed by atoms with Crippen molar-refractivity contribution >= 4 is 33.5 Å². The zero-order chi connectivity index (χ0) is 15.5. The van der Waals surface area contributed by atoms with E-state index in [1.807, 2.05) is 30.0 Å². The number of anilines is 2. The lowest BCUT2D eigenvalue weighted by Gasteiger charge is -2.15. The predicted molar refractivity (Wildman–Crippen MR) is 89.3 cm³/mol. The summed E-state index contributed by atoms with van der Waals surface area (Å²) in [5.74, 6) is 0.507. The number of nitrogens with zero attached hydrogens (tertiary/aromatic N) is 3. The normalized spacial score (nSPS) is 14.2. The average Bonchev–Trinajstić information content (AvgIpc) is 3.04. The second kappa shape index (κ2) is 6.44. The summed E-state index contributed by atoms with van der Waals surface area (Å²) in [4.78, 5) is 22.6. The Morgan fingerprint density at radius 3 is 2.55 bits per heavy atom. The molecule has 1 amide bonds. The monoisotopic (exact) mass is 360 g/mol. The smallest absolute Gasteiger partial charge is 0.256 e. The van der Waals surface area contributed by atoms with E-state index in [4.69, 9.17) is 0 Å². The third-order valence-corrected chi connectivity index (χ3v) is 4.22. The van der Waals surface area contributed by atoms with Gasteiger partial charge >= 0.3 is 0 Å². The molecule has 1 saturated heterocycles. The molecule has 1 aliphatic heterocycles. The molecule has 0 unspecified atom stereocenters. The molecule has 114 valence electrons. The van der Waals surface area contributed by atoms with Gasteiger partial charge in [0.1, 0.15) is 0 Å². The van der Waals surface area contributed by atoms with Crippen molar-refractivity contribution in [2.24, 2.45) is 0 Å². The zero-order valence-electron chi connectivity index (χ0n) is 12.3. The average molecular weight is 361 g/mol. The highest BCUT2D eigenvalue weighted by molar-refractivity contribution is 9.10. The fourth-order valence-corrected chi connectivity index (χ4v) is 2.97. The van der Waals surface area contributed by atoms with Gasteiger partial charge in [0, 0.05) is 35.6 Å². The molecule has 5 nitrogen and oxygen atoms in total. The molecule has 2 heterocycles. The molecular weight excluding hydrogens is 344 g/mol. The minimum absolute atomic E-state index is 0.0175. The SMILES string of the molecule is Cc1cc(Br)ccc1Nc1ncc(C(=O)N2CCCC2)cn1. The molecule has 3 rings (SSSR count). The fraction of sp³-hybridized carbons (Fsp3) is 0.312. The molecular formula is C16H17BrN4O. The van der Waals surface area contributed by atoms with E-state index in [0.29, 0.717) is 11.5 Å². The van der Waals surface area contributed by atoms with Crippen LogP contribution < -0.4 is 5.32 Å². The van der Waals surface area contributed by atoms with Crippen LogP contribution >= 0.6 is 15.9 Å². The standard InChI is InChI=1S/C16H17BrN4O/c1-11-8-13(17)4-5-14(11)20-16-18-9-12(10-19-16)15(22)21-6-2-3-7-21/h4-5,8-10H,2-3,6-7H2,1H3,(H,18,19,20). The number of nitrogens with one attached hydrogen (secondary N) is 1. The maximum Gasteiger partial charge on any atom is 0.256 e. The second-order valence-electron chi connectivity index (χ2n) is 5.38. The summed E-state index contributed by atoms with van der Waals surface area (Å²) in [7, 11) is 0. The molecule has 6 heteroatoms. The van der Waals surface area contributed by atoms with Crippen molar-refractivity contribution in [3.63, 3.8) is 0 Å². The maximum absolute atomic E-state index is 12.2. The van der Waals surface area contributed by atoms with Gasteiger partial charge in [-0.15, -0.1) is 0 Å². The van der Waals surface area contributed by atoms with Crippen molar-refractivity contribution in [1.82, 2.24) is 14.9 Å². The number of benzene rings is 1. The number of aryl methyl sites for hydroxylation is 1. The van der Waals surface area contributed by atoms with E-state index in [2.05, 4.69) is 31.2 Å². The Bertz CT molecular complexity index is 681. The fourth-order valence-electron chi connectivity index (χ4n) is 2.49. The minimum atomic E-state index is 0.0175. The molecule has 0 saturated carbocycles. The number of halogens is 1. The lowest BCUT2D eigenvalue weighted by atomic mass is 10.2. The minimum Gasteiger partial charge on any atom is -0.339 e. The van der Waals surface area contributed by atoms with Crippen LogP contribution in [-0.4, -0.2) is 33.9 Å². The van der Waals surface area contributed by atoms with E-state index in [1.54, 1.807) is 12.4 Å². The highest BCUT2D eigenvalue weighted by Gasteiger charge is 2.19. The summed E-state index contributed by atoms with van der Waals surface area (Å²) in [5, 5.41) is 3.17. The lowest BCUT2D eigenvalue weighted by molar-refractivity contribution is 0.0792. The van der Waals surface area contributed by atoms with E-state index in [0.717, 1.165) is 41.7 Å². The molecule has 0 atom stereocenters. The van der Waals surface area contributed by atoms with E-state index in [-0.39, 0.29) is 5.91 Å². The summed E-state index contributed by atoms with van der Waals surface area (Å²) >= 11 is 3.44. The van der Waals surface area contributed by atoms with Crippen LogP contribution in [0.4, 0.5) is 11.6 Å². The summed E-state index contributed by atoms with van der Waals surface area (Å²) in [6.07, 6.45) is 5.33. The number of amides is 1. The van der Waals surface area contributed by atoms with Gasteiger partial charge in [-0.3, -0.25) is 4.79 Å². The number of aromatic nitrogens is 2. The topological polar surface area (TPSA) is 58.1 Å². The second-order valence-corrected chi connectivity index (χ2v) is 6.29. The van der Waals surface area contributed by atoms with Crippen LogP contribution in [0.3, 0.4) is 0 Å². The van der Waals surface area contributed by atoms with Crippen LogP contribution in [0.1, 0.15) is 28.8 Å². The Balaban J connectivity index is 1.72. The van der Waals surface area contributed by atoms with Gasteiger partial charge in [0.05, 0.1) is 5.56 Å². The Morgan fingerprint density at radius 2 is 1.91 bits per heavy atom. The van der Waals surface area contributed by atoms with Crippen LogP contribution in [-0.2, 0) is 0 Å². The molecule has 1 aromatic heterocycles. The van der Waals surface area contributed by atoms with Crippen molar-refractivity contribution in [1.29, 1.82) is 0 Å². The molecule has 1 N–H and O–H groups in total. The summed E-state index contributed by atoms with van der Waals surface area (Å²) in [5.41, 5.74) is 2.58. The third-order valence-electron chi connectivity index (χ3n) is 3.73. The van der Waals surface area contributed by atoms with E-state index in [9.17, 15) is 4.79 Å². The van der Waals surface area contributed by atoms with Crippen LogP contribution in [0.5, 0.6) is 0 Å². The molecule has 0 bridgehead atoms. The zero-order valence-corrected chi connectivity index (χ0v) is 13.9. The number of likely N-dealkylation sites (tertiary alicyclic amines) is 1. The molecule has 0 radical (unpaired) electrons.